The third kappa shape index (κ3) is 3.08. The van der Waals surface area contributed by atoms with Crippen molar-refractivity contribution in [2.45, 2.75) is 13.5 Å². The van der Waals surface area contributed by atoms with Gasteiger partial charge in [-0.2, -0.15) is 0 Å². The molecule has 0 fully saturated rings. The average molecular weight is 282 g/mol. The van der Waals surface area contributed by atoms with Gasteiger partial charge in [-0.05, 0) is 31.2 Å². The van der Waals surface area contributed by atoms with Crippen LogP contribution in [0.3, 0.4) is 0 Å². The molecule has 1 amide bonds. The van der Waals surface area contributed by atoms with Crippen molar-refractivity contribution >= 4 is 22.9 Å². The van der Waals surface area contributed by atoms with Gasteiger partial charge in [-0.15, -0.1) is 11.3 Å². The Hall–Kier alpha value is -1.95. The van der Waals surface area contributed by atoms with E-state index < -0.39 is 17.5 Å². The number of hydrogen-bond acceptors (Lipinski definition) is 3. The minimum Gasteiger partial charge on any atom is -0.396 e. The van der Waals surface area contributed by atoms with Crippen LogP contribution in [0, 0.1) is 18.6 Å². The molecule has 0 saturated heterocycles. The van der Waals surface area contributed by atoms with Gasteiger partial charge in [-0.25, -0.2) is 8.78 Å². The molecule has 0 aliphatic carbocycles. The maximum Gasteiger partial charge on any atom is 0.254 e. The van der Waals surface area contributed by atoms with Gasteiger partial charge in [-0.3, -0.25) is 4.79 Å². The highest BCUT2D eigenvalue weighted by Crippen LogP contribution is 2.18. The van der Waals surface area contributed by atoms with Gasteiger partial charge in [0, 0.05) is 9.75 Å². The number of rotatable bonds is 3. The molecule has 2 rings (SSSR count). The van der Waals surface area contributed by atoms with E-state index in [0.29, 0.717) is 0 Å². The van der Waals surface area contributed by atoms with Crippen LogP contribution in [0.5, 0.6) is 0 Å². The largest absolute Gasteiger partial charge is 0.396 e. The molecule has 0 aliphatic heterocycles. The Balaban J connectivity index is 2.12. The fourth-order valence-corrected chi connectivity index (χ4v) is 2.45. The van der Waals surface area contributed by atoms with Crippen LogP contribution in [-0.2, 0) is 6.54 Å². The molecule has 100 valence electrons. The van der Waals surface area contributed by atoms with Crippen LogP contribution in [0.1, 0.15) is 20.1 Å². The Bertz CT molecular complexity index is 625. The van der Waals surface area contributed by atoms with Crippen molar-refractivity contribution in [2.24, 2.45) is 0 Å². The summed E-state index contributed by atoms with van der Waals surface area (Å²) < 4.78 is 26.7. The van der Waals surface area contributed by atoms with E-state index in [1.807, 2.05) is 19.1 Å². The fourth-order valence-electron chi connectivity index (χ4n) is 1.62. The van der Waals surface area contributed by atoms with E-state index in [1.54, 1.807) is 0 Å². The summed E-state index contributed by atoms with van der Waals surface area (Å²) in [6, 6.07) is 5.47. The second-order valence-corrected chi connectivity index (χ2v) is 5.42. The lowest BCUT2D eigenvalue weighted by Gasteiger charge is -2.07. The van der Waals surface area contributed by atoms with Crippen LogP contribution in [0.4, 0.5) is 14.5 Å². The molecule has 1 aromatic carbocycles. The molecular formula is C13H12F2N2OS. The molecule has 1 heterocycles. The van der Waals surface area contributed by atoms with Crippen molar-refractivity contribution in [3.05, 3.63) is 51.2 Å². The van der Waals surface area contributed by atoms with Gasteiger partial charge in [0.2, 0.25) is 0 Å². The van der Waals surface area contributed by atoms with Crippen molar-refractivity contribution in [3.8, 4) is 0 Å². The van der Waals surface area contributed by atoms with Crippen LogP contribution in [-0.4, -0.2) is 5.91 Å². The number of thiophene rings is 1. The fraction of sp³-hybridized carbons (Fsp3) is 0.154. The topological polar surface area (TPSA) is 55.1 Å². The van der Waals surface area contributed by atoms with Crippen molar-refractivity contribution in [1.29, 1.82) is 0 Å². The van der Waals surface area contributed by atoms with Gasteiger partial charge >= 0.3 is 0 Å². The van der Waals surface area contributed by atoms with Gasteiger partial charge < -0.3 is 11.1 Å². The van der Waals surface area contributed by atoms with Crippen molar-refractivity contribution < 1.29 is 13.6 Å². The highest BCUT2D eigenvalue weighted by atomic mass is 32.1. The first-order chi connectivity index (χ1) is 8.97. The van der Waals surface area contributed by atoms with Crippen LogP contribution in [0.15, 0.2) is 24.3 Å². The number of benzene rings is 1. The quantitative estimate of drug-likeness (QED) is 0.850. The van der Waals surface area contributed by atoms with Gasteiger partial charge in [0.25, 0.3) is 5.91 Å². The Labute approximate surface area is 113 Å². The highest BCUT2D eigenvalue weighted by Gasteiger charge is 2.16. The van der Waals surface area contributed by atoms with Crippen LogP contribution < -0.4 is 11.1 Å². The second-order valence-electron chi connectivity index (χ2n) is 4.05. The predicted molar refractivity (Wildman–Crippen MR) is 71.0 cm³/mol. The summed E-state index contributed by atoms with van der Waals surface area (Å²) in [6.45, 7) is 2.22. The summed E-state index contributed by atoms with van der Waals surface area (Å²) in [4.78, 5) is 13.8. The number of nitrogen functional groups attached to an aromatic ring is 1. The molecule has 1 aromatic heterocycles. The third-order valence-corrected chi connectivity index (χ3v) is 3.53. The van der Waals surface area contributed by atoms with E-state index in [-0.39, 0.29) is 17.8 Å². The number of nitrogens with one attached hydrogen (secondary N) is 1. The molecule has 2 aromatic rings. The zero-order valence-corrected chi connectivity index (χ0v) is 11.0. The first-order valence-electron chi connectivity index (χ1n) is 5.55. The Kier molecular flexibility index (Phi) is 3.80. The molecular weight excluding hydrogens is 270 g/mol. The Morgan fingerprint density at radius 1 is 1.37 bits per heavy atom. The van der Waals surface area contributed by atoms with E-state index in [9.17, 15) is 13.6 Å². The summed E-state index contributed by atoms with van der Waals surface area (Å²) in [5, 5.41) is 2.53. The number of carbonyl (C=O) groups is 1. The molecule has 0 saturated carbocycles. The summed E-state index contributed by atoms with van der Waals surface area (Å²) in [5.74, 6) is -2.33. The molecule has 3 nitrogen and oxygen atoms in total. The number of halogens is 2. The SMILES string of the molecule is Cc1ccc(CNC(=O)c2cc(F)cc(N)c2F)s1. The average Bonchev–Trinajstić information content (AvgIpc) is 2.76. The number of anilines is 1. The standard InChI is InChI=1S/C13H12F2N2OS/c1-7-2-3-9(19-7)6-17-13(18)10-4-8(14)5-11(16)12(10)15/h2-5H,6,16H2,1H3,(H,17,18). The summed E-state index contributed by atoms with van der Waals surface area (Å²) in [6.07, 6.45) is 0. The molecule has 0 spiro atoms. The number of hydrogen-bond donors (Lipinski definition) is 2. The molecule has 3 N–H and O–H groups in total. The lowest BCUT2D eigenvalue weighted by Crippen LogP contribution is -2.24. The maximum absolute atomic E-state index is 13.6. The van der Waals surface area contributed by atoms with Gasteiger partial charge in [0.15, 0.2) is 5.82 Å². The zero-order valence-electron chi connectivity index (χ0n) is 10.2. The maximum atomic E-state index is 13.6. The highest BCUT2D eigenvalue weighted by molar-refractivity contribution is 7.11. The smallest absolute Gasteiger partial charge is 0.254 e. The van der Waals surface area contributed by atoms with E-state index in [4.69, 9.17) is 5.73 Å². The van der Waals surface area contributed by atoms with Gasteiger partial charge in [-0.1, -0.05) is 0 Å². The van der Waals surface area contributed by atoms with Crippen LogP contribution in [0.25, 0.3) is 0 Å². The number of nitrogens with two attached hydrogens (primary N) is 1. The molecule has 6 heteroatoms. The minimum atomic E-state index is -0.902. The minimum absolute atomic E-state index is 0.271. The third-order valence-electron chi connectivity index (χ3n) is 2.53. The van der Waals surface area contributed by atoms with Crippen molar-refractivity contribution in [3.63, 3.8) is 0 Å². The molecule has 19 heavy (non-hydrogen) atoms. The van der Waals surface area contributed by atoms with Crippen molar-refractivity contribution in [2.75, 3.05) is 5.73 Å². The number of amides is 1. The van der Waals surface area contributed by atoms with E-state index in [0.717, 1.165) is 21.9 Å². The predicted octanol–water partition coefficient (Wildman–Crippen LogP) is 2.85. The normalized spacial score (nSPS) is 10.5. The molecule has 0 bridgehead atoms. The zero-order chi connectivity index (χ0) is 14.0. The van der Waals surface area contributed by atoms with Crippen LogP contribution >= 0.6 is 11.3 Å². The molecule has 0 radical (unpaired) electrons. The second kappa shape index (κ2) is 5.36. The lowest BCUT2D eigenvalue weighted by molar-refractivity contribution is 0.0947. The molecule has 0 unspecified atom stereocenters. The molecule has 0 aliphatic rings. The van der Waals surface area contributed by atoms with Gasteiger partial charge in [0.1, 0.15) is 5.82 Å². The first-order valence-corrected chi connectivity index (χ1v) is 6.37. The van der Waals surface area contributed by atoms with E-state index >= 15 is 0 Å². The first kappa shape index (κ1) is 13.5. The van der Waals surface area contributed by atoms with E-state index in [2.05, 4.69) is 5.32 Å². The number of aryl methyl sites for hydroxylation is 1. The van der Waals surface area contributed by atoms with Crippen molar-refractivity contribution in [1.82, 2.24) is 5.32 Å². The Morgan fingerprint density at radius 3 is 2.74 bits per heavy atom. The monoisotopic (exact) mass is 282 g/mol. The Morgan fingerprint density at radius 2 is 2.11 bits per heavy atom. The summed E-state index contributed by atoms with van der Waals surface area (Å²) >= 11 is 1.53. The van der Waals surface area contributed by atoms with Crippen LogP contribution in [0.2, 0.25) is 0 Å². The number of carbonyl (C=O) groups excluding carboxylic acids is 1. The summed E-state index contributed by atoms with van der Waals surface area (Å²) in [7, 11) is 0. The summed E-state index contributed by atoms with van der Waals surface area (Å²) in [5.41, 5.74) is 4.52. The lowest BCUT2D eigenvalue weighted by atomic mass is 10.1. The molecule has 0 atom stereocenters. The van der Waals surface area contributed by atoms with Gasteiger partial charge in [0.05, 0.1) is 17.8 Å². The van der Waals surface area contributed by atoms with E-state index in [1.165, 1.54) is 11.3 Å².